The molecule has 0 saturated carbocycles. The molecule has 0 aliphatic carbocycles. The van der Waals surface area contributed by atoms with E-state index in [0.29, 0.717) is 18.6 Å². The SMILES string of the molecule is O=C1OC[C@@H]2Cc3ccc(C(F)(F)C(=O)c4ccccc4)cc3CN12. The largest absolute Gasteiger partial charge is 0.447 e. The molecular formula is C19H15F2NO3. The lowest BCUT2D eigenvalue weighted by Gasteiger charge is -2.29. The second-order valence-corrected chi connectivity index (χ2v) is 6.32. The summed E-state index contributed by atoms with van der Waals surface area (Å²) >= 11 is 0. The number of halogens is 2. The molecule has 128 valence electrons. The van der Waals surface area contributed by atoms with Crippen molar-refractivity contribution in [3.8, 4) is 0 Å². The summed E-state index contributed by atoms with van der Waals surface area (Å²) in [6.07, 6.45) is 0.146. The number of alkyl halides is 2. The van der Waals surface area contributed by atoms with Crippen LogP contribution in [0.25, 0.3) is 0 Å². The zero-order valence-corrected chi connectivity index (χ0v) is 13.2. The minimum absolute atomic E-state index is 0.0339. The number of fused-ring (bicyclic) bond motifs is 2. The summed E-state index contributed by atoms with van der Waals surface area (Å²) in [5.41, 5.74) is 1.15. The average Bonchev–Trinajstić information content (AvgIpc) is 2.99. The second-order valence-electron chi connectivity index (χ2n) is 6.32. The number of hydrogen-bond donors (Lipinski definition) is 0. The standard InChI is InChI=1S/C19H15F2NO3/c20-19(21,17(23)12-4-2-1-3-5-12)15-7-6-13-9-16-11-25-18(24)22(16)10-14(13)8-15/h1-8,16H,9-11H2/t16-/m0/s1. The van der Waals surface area contributed by atoms with E-state index in [1.54, 1.807) is 29.2 Å². The van der Waals surface area contributed by atoms with Gasteiger partial charge in [-0.15, -0.1) is 0 Å². The van der Waals surface area contributed by atoms with E-state index >= 15 is 0 Å². The maximum atomic E-state index is 14.7. The molecule has 2 aliphatic rings. The highest BCUT2D eigenvalue weighted by Gasteiger charge is 2.43. The topological polar surface area (TPSA) is 46.6 Å². The molecule has 6 heteroatoms. The van der Waals surface area contributed by atoms with Crippen molar-refractivity contribution >= 4 is 11.9 Å². The van der Waals surface area contributed by atoms with Crippen molar-refractivity contribution in [2.24, 2.45) is 0 Å². The third kappa shape index (κ3) is 2.58. The molecule has 0 bridgehead atoms. The molecular weight excluding hydrogens is 328 g/mol. The Hall–Kier alpha value is -2.76. The molecule has 1 fully saturated rings. The van der Waals surface area contributed by atoms with Crippen LogP contribution >= 0.6 is 0 Å². The molecule has 0 radical (unpaired) electrons. The number of carbonyl (C=O) groups excluding carboxylic acids is 2. The third-order valence-corrected chi connectivity index (χ3v) is 4.76. The van der Waals surface area contributed by atoms with E-state index in [0.717, 1.165) is 5.56 Å². The predicted molar refractivity (Wildman–Crippen MR) is 85.5 cm³/mol. The van der Waals surface area contributed by atoms with Crippen LogP contribution < -0.4 is 0 Å². The van der Waals surface area contributed by atoms with Crippen molar-refractivity contribution in [3.63, 3.8) is 0 Å². The van der Waals surface area contributed by atoms with Gasteiger partial charge in [0.2, 0.25) is 5.78 Å². The van der Waals surface area contributed by atoms with E-state index in [1.807, 2.05) is 0 Å². The molecule has 0 spiro atoms. The summed E-state index contributed by atoms with van der Waals surface area (Å²) in [5, 5.41) is 0. The van der Waals surface area contributed by atoms with Gasteiger partial charge in [0, 0.05) is 17.7 Å². The number of Topliss-reactive ketones (excluding diaryl/α,β-unsaturated/α-hetero) is 1. The zero-order valence-electron chi connectivity index (χ0n) is 13.2. The van der Waals surface area contributed by atoms with Crippen molar-refractivity contribution in [3.05, 3.63) is 70.8 Å². The third-order valence-electron chi connectivity index (χ3n) is 4.76. The highest BCUT2D eigenvalue weighted by atomic mass is 19.3. The molecule has 2 aromatic carbocycles. The Morgan fingerprint density at radius 2 is 1.88 bits per heavy atom. The quantitative estimate of drug-likeness (QED) is 0.801. The Balaban J connectivity index is 1.67. The van der Waals surface area contributed by atoms with Gasteiger partial charge in [-0.3, -0.25) is 9.69 Å². The van der Waals surface area contributed by atoms with Crippen molar-refractivity contribution in [1.29, 1.82) is 0 Å². The minimum Gasteiger partial charge on any atom is -0.447 e. The van der Waals surface area contributed by atoms with Gasteiger partial charge in [-0.1, -0.05) is 42.5 Å². The van der Waals surface area contributed by atoms with Crippen LogP contribution in [0.4, 0.5) is 13.6 Å². The Kier molecular flexibility index (Phi) is 3.56. The van der Waals surface area contributed by atoms with Crippen molar-refractivity contribution in [2.45, 2.75) is 24.9 Å². The van der Waals surface area contributed by atoms with Gasteiger partial charge in [0.05, 0.1) is 6.04 Å². The van der Waals surface area contributed by atoms with Crippen LogP contribution in [-0.2, 0) is 23.6 Å². The Labute approximate surface area is 143 Å². The van der Waals surface area contributed by atoms with Gasteiger partial charge in [-0.25, -0.2) is 4.79 Å². The maximum Gasteiger partial charge on any atom is 0.410 e. The van der Waals surface area contributed by atoms with Gasteiger partial charge in [0.15, 0.2) is 0 Å². The van der Waals surface area contributed by atoms with Crippen LogP contribution in [0, 0.1) is 0 Å². The summed E-state index contributed by atoms with van der Waals surface area (Å²) < 4.78 is 34.4. The van der Waals surface area contributed by atoms with Crippen LogP contribution in [0.15, 0.2) is 48.5 Å². The minimum atomic E-state index is -3.63. The zero-order chi connectivity index (χ0) is 17.6. The fourth-order valence-corrected chi connectivity index (χ4v) is 3.36. The lowest BCUT2D eigenvalue weighted by Crippen LogP contribution is -2.38. The van der Waals surface area contributed by atoms with Crippen LogP contribution in [0.3, 0.4) is 0 Å². The lowest BCUT2D eigenvalue weighted by molar-refractivity contribution is 0.00733. The smallest absolute Gasteiger partial charge is 0.410 e. The first-order valence-electron chi connectivity index (χ1n) is 8.00. The lowest BCUT2D eigenvalue weighted by atomic mass is 9.90. The Bertz CT molecular complexity index is 851. The van der Waals surface area contributed by atoms with Gasteiger partial charge in [-0.2, -0.15) is 8.78 Å². The number of amides is 1. The molecule has 0 aromatic heterocycles. The van der Waals surface area contributed by atoms with E-state index in [-0.39, 0.29) is 23.7 Å². The Morgan fingerprint density at radius 3 is 2.64 bits per heavy atom. The summed E-state index contributed by atoms with van der Waals surface area (Å²) in [6.45, 7) is 0.547. The number of rotatable bonds is 3. The number of ketones is 1. The number of carbonyl (C=O) groups is 2. The molecule has 4 nitrogen and oxygen atoms in total. The van der Waals surface area contributed by atoms with E-state index in [2.05, 4.69) is 0 Å². The van der Waals surface area contributed by atoms with Crippen LogP contribution in [0.1, 0.15) is 27.0 Å². The summed E-state index contributed by atoms with van der Waals surface area (Å²) in [7, 11) is 0. The van der Waals surface area contributed by atoms with E-state index in [1.165, 1.54) is 24.3 Å². The van der Waals surface area contributed by atoms with Crippen LogP contribution in [0.2, 0.25) is 0 Å². The molecule has 4 rings (SSSR count). The summed E-state index contributed by atoms with van der Waals surface area (Å²) in [5.74, 6) is -4.86. The first-order chi connectivity index (χ1) is 12.0. The van der Waals surface area contributed by atoms with Gasteiger partial charge in [0.25, 0.3) is 0 Å². The fourth-order valence-electron chi connectivity index (χ4n) is 3.36. The first kappa shape index (κ1) is 15.7. The molecule has 1 atom stereocenters. The van der Waals surface area contributed by atoms with Crippen molar-refractivity contribution < 1.29 is 23.1 Å². The molecule has 1 saturated heterocycles. The van der Waals surface area contributed by atoms with E-state index < -0.39 is 17.8 Å². The molecule has 0 N–H and O–H groups in total. The van der Waals surface area contributed by atoms with E-state index in [4.69, 9.17) is 4.74 Å². The molecule has 2 aromatic rings. The number of hydrogen-bond acceptors (Lipinski definition) is 3. The van der Waals surface area contributed by atoms with E-state index in [9.17, 15) is 18.4 Å². The number of benzene rings is 2. The number of nitrogens with zero attached hydrogens (tertiary/aromatic N) is 1. The van der Waals surface area contributed by atoms with Gasteiger partial charge < -0.3 is 4.74 Å². The van der Waals surface area contributed by atoms with Crippen molar-refractivity contribution in [1.82, 2.24) is 4.90 Å². The molecule has 0 unspecified atom stereocenters. The molecule has 2 aliphatic heterocycles. The molecule has 2 heterocycles. The highest BCUT2D eigenvalue weighted by Crippen LogP contribution is 2.35. The average molecular weight is 343 g/mol. The normalized spacial score (nSPS) is 19.2. The first-order valence-corrected chi connectivity index (χ1v) is 8.00. The molecule has 1 amide bonds. The highest BCUT2D eigenvalue weighted by molar-refractivity contribution is 6.01. The van der Waals surface area contributed by atoms with Crippen LogP contribution in [0.5, 0.6) is 0 Å². The van der Waals surface area contributed by atoms with Gasteiger partial charge in [-0.05, 0) is 23.6 Å². The van der Waals surface area contributed by atoms with Gasteiger partial charge in [0.1, 0.15) is 6.61 Å². The number of ether oxygens (including phenoxy) is 1. The van der Waals surface area contributed by atoms with Crippen molar-refractivity contribution in [2.75, 3.05) is 6.61 Å². The monoisotopic (exact) mass is 343 g/mol. The summed E-state index contributed by atoms with van der Waals surface area (Å²) in [6, 6.07) is 11.7. The van der Waals surface area contributed by atoms with Gasteiger partial charge >= 0.3 is 12.0 Å². The molecule has 25 heavy (non-hydrogen) atoms. The maximum absolute atomic E-state index is 14.7. The predicted octanol–water partition coefficient (Wildman–Crippen LogP) is 3.54. The number of cyclic esters (lactones) is 1. The second kappa shape index (κ2) is 5.65. The Morgan fingerprint density at radius 1 is 1.12 bits per heavy atom. The summed E-state index contributed by atoms with van der Waals surface area (Å²) in [4.78, 5) is 25.5. The van der Waals surface area contributed by atoms with Crippen LogP contribution in [-0.4, -0.2) is 29.4 Å². The fraction of sp³-hybridized carbons (Fsp3) is 0.263.